The number of anilines is 1. The molecule has 18 heavy (non-hydrogen) atoms. The number of carbonyl (C=O) groups is 2. The molecule has 0 saturated carbocycles. The van der Waals surface area contributed by atoms with Crippen LogP contribution in [0.2, 0.25) is 0 Å². The van der Waals surface area contributed by atoms with Crippen molar-refractivity contribution in [1.29, 1.82) is 0 Å². The Bertz CT molecular complexity index is 458. The fourth-order valence-electron chi connectivity index (χ4n) is 1.39. The molecular weight excluding hydrogens is 237 g/mol. The molecule has 1 rings (SSSR count). The Morgan fingerprint density at radius 1 is 1.39 bits per heavy atom. The van der Waals surface area contributed by atoms with Crippen molar-refractivity contribution >= 4 is 17.6 Å². The molecule has 0 aliphatic heterocycles. The number of hydrogen-bond acceptors (Lipinski definition) is 2. The van der Waals surface area contributed by atoms with Crippen molar-refractivity contribution < 1.29 is 19.1 Å². The lowest BCUT2D eigenvalue weighted by molar-refractivity contribution is -0.116. The summed E-state index contributed by atoms with van der Waals surface area (Å²) in [6.45, 7) is 3.97. The van der Waals surface area contributed by atoms with Crippen molar-refractivity contribution in [2.75, 3.05) is 5.32 Å². The number of rotatable bonds is 5. The molecule has 0 saturated heterocycles. The third-order valence-corrected chi connectivity index (χ3v) is 2.44. The van der Waals surface area contributed by atoms with E-state index in [-0.39, 0.29) is 23.6 Å². The van der Waals surface area contributed by atoms with Crippen LogP contribution in [0.1, 0.15) is 37.0 Å². The summed E-state index contributed by atoms with van der Waals surface area (Å²) in [4.78, 5) is 22.3. The molecule has 4 nitrogen and oxygen atoms in total. The summed E-state index contributed by atoms with van der Waals surface area (Å²) in [7, 11) is 0. The zero-order chi connectivity index (χ0) is 13.7. The Morgan fingerprint density at radius 2 is 2.06 bits per heavy atom. The van der Waals surface area contributed by atoms with Crippen LogP contribution in [0, 0.1) is 11.7 Å². The number of nitrogens with one attached hydrogen (secondary N) is 1. The minimum Gasteiger partial charge on any atom is -0.478 e. The van der Waals surface area contributed by atoms with E-state index < -0.39 is 11.8 Å². The summed E-state index contributed by atoms with van der Waals surface area (Å²) >= 11 is 0. The molecule has 1 amide bonds. The van der Waals surface area contributed by atoms with Crippen molar-refractivity contribution in [2.24, 2.45) is 5.92 Å². The second kappa shape index (κ2) is 6.14. The van der Waals surface area contributed by atoms with E-state index in [0.29, 0.717) is 12.3 Å². The summed E-state index contributed by atoms with van der Waals surface area (Å²) in [5.74, 6) is -1.73. The number of carbonyl (C=O) groups excluding carboxylic acids is 1. The first-order chi connectivity index (χ1) is 8.40. The van der Waals surface area contributed by atoms with Gasteiger partial charge < -0.3 is 10.4 Å². The van der Waals surface area contributed by atoms with E-state index in [4.69, 9.17) is 5.11 Å². The van der Waals surface area contributed by atoms with Gasteiger partial charge in [0.15, 0.2) is 0 Å². The second-order valence-electron chi connectivity index (χ2n) is 4.48. The van der Waals surface area contributed by atoms with Crippen LogP contribution in [0.3, 0.4) is 0 Å². The maximum absolute atomic E-state index is 13.4. The normalized spacial score (nSPS) is 10.4. The molecule has 0 fully saturated rings. The minimum atomic E-state index is -1.16. The number of halogens is 1. The summed E-state index contributed by atoms with van der Waals surface area (Å²) < 4.78 is 13.4. The van der Waals surface area contributed by atoms with E-state index in [2.05, 4.69) is 5.32 Å². The van der Waals surface area contributed by atoms with Crippen molar-refractivity contribution in [3.63, 3.8) is 0 Å². The van der Waals surface area contributed by atoms with E-state index in [9.17, 15) is 14.0 Å². The molecule has 5 heteroatoms. The standard InChI is InChI=1S/C13H16FNO3/c1-8(2)3-6-12(16)15-11-7-9(13(17)18)4-5-10(11)14/h4-5,7-8H,3,6H2,1-2H3,(H,15,16)(H,17,18). The van der Waals surface area contributed by atoms with E-state index in [1.165, 1.54) is 0 Å². The van der Waals surface area contributed by atoms with Crippen LogP contribution in [0.15, 0.2) is 18.2 Å². The van der Waals surface area contributed by atoms with Gasteiger partial charge in [0.25, 0.3) is 0 Å². The Balaban J connectivity index is 2.74. The van der Waals surface area contributed by atoms with E-state index in [1.54, 1.807) is 0 Å². The van der Waals surface area contributed by atoms with Crippen LogP contribution in [0.25, 0.3) is 0 Å². The van der Waals surface area contributed by atoms with Crippen LogP contribution >= 0.6 is 0 Å². The van der Waals surface area contributed by atoms with Crippen LogP contribution in [-0.4, -0.2) is 17.0 Å². The summed E-state index contributed by atoms with van der Waals surface area (Å²) in [6.07, 6.45) is 0.987. The van der Waals surface area contributed by atoms with Crippen LogP contribution in [-0.2, 0) is 4.79 Å². The van der Waals surface area contributed by atoms with Gasteiger partial charge in [-0.1, -0.05) is 13.8 Å². The molecule has 1 aromatic rings. The highest BCUT2D eigenvalue weighted by molar-refractivity contribution is 5.94. The smallest absolute Gasteiger partial charge is 0.335 e. The third-order valence-electron chi connectivity index (χ3n) is 2.44. The maximum atomic E-state index is 13.4. The van der Waals surface area contributed by atoms with Crippen molar-refractivity contribution in [3.05, 3.63) is 29.6 Å². The van der Waals surface area contributed by atoms with Crippen LogP contribution in [0.4, 0.5) is 10.1 Å². The summed E-state index contributed by atoms with van der Waals surface area (Å²) in [5.41, 5.74) is -0.154. The molecule has 0 spiro atoms. The Hall–Kier alpha value is -1.91. The lowest BCUT2D eigenvalue weighted by atomic mass is 10.1. The van der Waals surface area contributed by atoms with Gasteiger partial charge in [-0.3, -0.25) is 4.79 Å². The number of benzene rings is 1. The Morgan fingerprint density at radius 3 is 2.61 bits per heavy atom. The molecule has 1 aromatic carbocycles. The van der Waals surface area contributed by atoms with Gasteiger partial charge >= 0.3 is 5.97 Å². The zero-order valence-corrected chi connectivity index (χ0v) is 10.4. The predicted octanol–water partition coefficient (Wildman–Crippen LogP) is 2.90. The van der Waals surface area contributed by atoms with Gasteiger partial charge in [-0.05, 0) is 30.5 Å². The monoisotopic (exact) mass is 253 g/mol. The fraction of sp³-hybridized carbons (Fsp3) is 0.385. The molecule has 0 aromatic heterocycles. The lowest BCUT2D eigenvalue weighted by Crippen LogP contribution is -2.14. The maximum Gasteiger partial charge on any atom is 0.335 e. The molecule has 2 N–H and O–H groups in total. The molecule has 98 valence electrons. The molecule has 0 bridgehead atoms. The first-order valence-corrected chi connectivity index (χ1v) is 5.73. The van der Waals surface area contributed by atoms with Crippen LogP contribution < -0.4 is 5.32 Å². The van der Waals surface area contributed by atoms with Gasteiger partial charge in [0, 0.05) is 6.42 Å². The number of amides is 1. The Labute approximate surface area is 105 Å². The van der Waals surface area contributed by atoms with Crippen molar-refractivity contribution in [1.82, 2.24) is 0 Å². The van der Waals surface area contributed by atoms with Gasteiger partial charge in [0.2, 0.25) is 5.91 Å². The van der Waals surface area contributed by atoms with Gasteiger partial charge in [-0.2, -0.15) is 0 Å². The summed E-state index contributed by atoms with van der Waals surface area (Å²) in [5, 5.41) is 11.2. The molecule has 0 atom stereocenters. The van der Waals surface area contributed by atoms with Crippen molar-refractivity contribution in [2.45, 2.75) is 26.7 Å². The first-order valence-electron chi connectivity index (χ1n) is 5.73. The topological polar surface area (TPSA) is 66.4 Å². The van der Waals surface area contributed by atoms with Gasteiger partial charge in [-0.15, -0.1) is 0 Å². The molecule has 0 aliphatic carbocycles. The molecule has 0 heterocycles. The SMILES string of the molecule is CC(C)CCC(=O)Nc1cc(C(=O)O)ccc1F. The van der Waals surface area contributed by atoms with E-state index in [1.807, 2.05) is 13.8 Å². The van der Waals surface area contributed by atoms with Gasteiger partial charge in [-0.25, -0.2) is 9.18 Å². The molecule has 0 aliphatic rings. The number of hydrogen-bond donors (Lipinski definition) is 2. The zero-order valence-electron chi connectivity index (χ0n) is 10.4. The summed E-state index contributed by atoms with van der Waals surface area (Å²) in [6, 6.07) is 3.30. The van der Waals surface area contributed by atoms with Crippen LogP contribution in [0.5, 0.6) is 0 Å². The van der Waals surface area contributed by atoms with E-state index >= 15 is 0 Å². The Kier molecular flexibility index (Phi) is 4.83. The van der Waals surface area contributed by atoms with Gasteiger partial charge in [0.1, 0.15) is 5.82 Å². The number of carboxylic acids is 1. The first kappa shape index (κ1) is 14.2. The van der Waals surface area contributed by atoms with E-state index in [0.717, 1.165) is 18.2 Å². The minimum absolute atomic E-state index is 0.0597. The lowest BCUT2D eigenvalue weighted by Gasteiger charge is -2.08. The molecular formula is C13H16FNO3. The second-order valence-corrected chi connectivity index (χ2v) is 4.48. The predicted molar refractivity (Wildman–Crippen MR) is 66.1 cm³/mol. The number of aromatic carboxylic acids is 1. The average Bonchev–Trinajstić information content (AvgIpc) is 2.29. The highest BCUT2D eigenvalue weighted by atomic mass is 19.1. The third kappa shape index (κ3) is 4.16. The molecule has 0 unspecified atom stereocenters. The largest absolute Gasteiger partial charge is 0.478 e. The highest BCUT2D eigenvalue weighted by Gasteiger charge is 2.11. The van der Waals surface area contributed by atoms with Gasteiger partial charge in [0.05, 0.1) is 11.3 Å². The fourth-order valence-corrected chi connectivity index (χ4v) is 1.39. The highest BCUT2D eigenvalue weighted by Crippen LogP contribution is 2.17. The van der Waals surface area contributed by atoms with Crippen molar-refractivity contribution in [3.8, 4) is 0 Å². The number of carboxylic acid groups (broad SMARTS) is 1. The quantitative estimate of drug-likeness (QED) is 0.847. The average molecular weight is 253 g/mol. The molecule has 0 radical (unpaired) electrons.